The Hall–Kier alpha value is -1.91. The second-order valence-corrected chi connectivity index (χ2v) is 6.04. The van der Waals surface area contributed by atoms with Gasteiger partial charge in [0.2, 0.25) is 0 Å². The van der Waals surface area contributed by atoms with Crippen LogP contribution in [0.1, 0.15) is 62.4 Å². The van der Waals surface area contributed by atoms with E-state index < -0.39 is 12.0 Å². The number of hydrogen-bond donors (Lipinski definition) is 1. The van der Waals surface area contributed by atoms with Crippen LogP contribution in [0.15, 0.2) is 12.3 Å². The van der Waals surface area contributed by atoms with Gasteiger partial charge in [-0.15, -0.1) is 0 Å². The third-order valence-corrected chi connectivity index (χ3v) is 4.41. The van der Waals surface area contributed by atoms with Gasteiger partial charge in [-0.1, -0.05) is 19.3 Å². The Morgan fingerprint density at radius 1 is 1.38 bits per heavy atom. The number of carbonyl (C=O) groups is 1. The molecule has 0 saturated heterocycles. The van der Waals surface area contributed by atoms with E-state index >= 15 is 0 Å². The molecule has 21 heavy (non-hydrogen) atoms. The second kappa shape index (κ2) is 5.47. The quantitative estimate of drug-likeness (QED) is 0.939. The van der Waals surface area contributed by atoms with Crippen LogP contribution in [0.4, 0.5) is 0 Å². The van der Waals surface area contributed by atoms with E-state index in [2.05, 4.69) is 4.98 Å². The average Bonchev–Trinajstić information content (AvgIpc) is 2.85. The maximum Gasteiger partial charge on any atom is 0.326 e. The molecule has 1 atom stereocenters. The molecule has 1 saturated carbocycles. The maximum atomic E-state index is 11.5. The van der Waals surface area contributed by atoms with Gasteiger partial charge in [-0.25, -0.2) is 14.8 Å². The molecule has 2 aromatic heterocycles. The van der Waals surface area contributed by atoms with Gasteiger partial charge in [0, 0.05) is 12.1 Å². The van der Waals surface area contributed by atoms with Gasteiger partial charge < -0.3 is 5.11 Å². The lowest BCUT2D eigenvalue weighted by molar-refractivity contribution is -0.140. The molecule has 3 rings (SSSR count). The van der Waals surface area contributed by atoms with E-state index in [4.69, 9.17) is 4.98 Å². The van der Waals surface area contributed by atoms with Crippen LogP contribution in [0.5, 0.6) is 0 Å². The number of aryl methyl sites for hydroxylation is 1. The van der Waals surface area contributed by atoms with Gasteiger partial charge in [-0.05, 0) is 38.3 Å². The highest BCUT2D eigenvalue weighted by atomic mass is 16.4. The second-order valence-electron chi connectivity index (χ2n) is 6.04. The van der Waals surface area contributed by atoms with Crippen LogP contribution in [0, 0.1) is 6.92 Å². The Morgan fingerprint density at radius 3 is 2.76 bits per heavy atom. The van der Waals surface area contributed by atoms with Crippen LogP contribution in [0.2, 0.25) is 0 Å². The summed E-state index contributed by atoms with van der Waals surface area (Å²) in [5.41, 5.74) is 2.55. The monoisotopic (exact) mass is 287 g/mol. The minimum Gasteiger partial charge on any atom is -0.480 e. The summed E-state index contributed by atoms with van der Waals surface area (Å²) in [7, 11) is 0. The number of aliphatic carboxylic acids is 1. The normalized spacial score (nSPS) is 18.0. The van der Waals surface area contributed by atoms with Crippen molar-refractivity contribution in [2.75, 3.05) is 0 Å². The number of aromatic nitrogens is 3. The number of hydrogen-bond acceptors (Lipinski definition) is 3. The van der Waals surface area contributed by atoms with Crippen LogP contribution >= 0.6 is 0 Å². The third-order valence-electron chi connectivity index (χ3n) is 4.41. The summed E-state index contributed by atoms with van der Waals surface area (Å²) in [6.07, 6.45) is 7.62. The van der Waals surface area contributed by atoms with Crippen LogP contribution < -0.4 is 0 Å². The molecular weight excluding hydrogens is 266 g/mol. The summed E-state index contributed by atoms with van der Waals surface area (Å²) in [6, 6.07) is 1.35. The number of nitrogens with zero attached hydrogens (tertiary/aromatic N) is 3. The van der Waals surface area contributed by atoms with Crippen molar-refractivity contribution in [2.45, 2.75) is 57.9 Å². The summed E-state index contributed by atoms with van der Waals surface area (Å²) < 4.78 is 1.83. The molecule has 1 unspecified atom stereocenters. The predicted octanol–water partition coefficient (Wildman–Crippen LogP) is 3.43. The Balaban J connectivity index is 2.16. The Bertz CT molecular complexity index is 671. The van der Waals surface area contributed by atoms with E-state index in [9.17, 15) is 9.90 Å². The van der Waals surface area contributed by atoms with Crippen molar-refractivity contribution in [3.8, 4) is 0 Å². The number of rotatable bonds is 3. The minimum absolute atomic E-state index is 0.357. The fourth-order valence-corrected chi connectivity index (χ4v) is 3.24. The number of pyridine rings is 1. The van der Waals surface area contributed by atoms with Crippen molar-refractivity contribution < 1.29 is 9.90 Å². The zero-order valence-corrected chi connectivity index (χ0v) is 12.5. The summed E-state index contributed by atoms with van der Waals surface area (Å²) in [5, 5.41) is 9.41. The fourth-order valence-electron chi connectivity index (χ4n) is 3.24. The molecule has 1 aliphatic rings. The third kappa shape index (κ3) is 2.52. The lowest BCUT2D eigenvalue weighted by Crippen LogP contribution is -2.21. The standard InChI is InChI=1S/C16H21N3O2/c1-10-8-13-15(17-9-10)19(11(2)16(20)21)14(18-13)12-6-4-3-5-7-12/h8-9,11-12H,3-7H2,1-2H3,(H,20,21). The first-order valence-electron chi connectivity index (χ1n) is 7.65. The molecule has 0 bridgehead atoms. The molecule has 5 nitrogen and oxygen atoms in total. The molecule has 0 amide bonds. The van der Waals surface area contributed by atoms with E-state index in [0.29, 0.717) is 11.6 Å². The number of carboxylic acids is 1. The largest absolute Gasteiger partial charge is 0.480 e. The SMILES string of the molecule is Cc1cnc2c(c1)nc(C1CCCCC1)n2C(C)C(=O)O. The van der Waals surface area contributed by atoms with Crippen LogP contribution in [-0.2, 0) is 4.79 Å². The van der Waals surface area contributed by atoms with Crippen LogP contribution in [-0.4, -0.2) is 25.6 Å². The molecule has 0 radical (unpaired) electrons. The average molecular weight is 287 g/mol. The summed E-state index contributed by atoms with van der Waals surface area (Å²) in [5.74, 6) is 0.418. The highest BCUT2D eigenvalue weighted by molar-refractivity contribution is 5.78. The molecule has 0 spiro atoms. The van der Waals surface area contributed by atoms with Gasteiger partial charge in [0.25, 0.3) is 0 Å². The van der Waals surface area contributed by atoms with E-state index in [0.717, 1.165) is 29.7 Å². The molecule has 2 aromatic rings. The first-order valence-corrected chi connectivity index (χ1v) is 7.65. The number of carboxylic acid groups (broad SMARTS) is 1. The Morgan fingerprint density at radius 2 is 2.10 bits per heavy atom. The summed E-state index contributed by atoms with van der Waals surface area (Å²) >= 11 is 0. The van der Waals surface area contributed by atoms with E-state index in [1.807, 2.05) is 17.6 Å². The van der Waals surface area contributed by atoms with Gasteiger partial charge >= 0.3 is 5.97 Å². The van der Waals surface area contributed by atoms with E-state index in [-0.39, 0.29) is 0 Å². The summed E-state index contributed by atoms with van der Waals surface area (Å²) in [4.78, 5) is 20.6. The van der Waals surface area contributed by atoms with Crippen molar-refractivity contribution in [1.29, 1.82) is 0 Å². The number of fused-ring (bicyclic) bond motifs is 1. The first-order chi connectivity index (χ1) is 10.1. The molecule has 1 aliphatic carbocycles. The van der Waals surface area contributed by atoms with Crippen molar-refractivity contribution >= 4 is 17.1 Å². The predicted molar refractivity (Wildman–Crippen MR) is 80.4 cm³/mol. The Labute approximate surface area is 124 Å². The minimum atomic E-state index is -0.839. The lowest BCUT2D eigenvalue weighted by atomic mass is 9.88. The van der Waals surface area contributed by atoms with E-state index in [1.165, 1.54) is 19.3 Å². The molecule has 112 valence electrons. The molecule has 0 aromatic carbocycles. The highest BCUT2D eigenvalue weighted by Crippen LogP contribution is 2.35. The zero-order chi connectivity index (χ0) is 15.0. The van der Waals surface area contributed by atoms with Crippen molar-refractivity contribution in [3.63, 3.8) is 0 Å². The number of imidazole rings is 1. The zero-order valence-electron chi connectivity index (χ0n) is 12.5. The topological polar surface area (TPSA) is 68.0 Å². The molecule has 1 fully saturated rings. The van der Waals surface area contributed by atoms with Crippen LogP contribution in [0.25, 0.3) is 11.2 Å². The molecule has 5 heteroatoms. The van der Waals surface area contributed by atoms with E-state index in [1.54, 1.807) is 13.1 Å². The smallest absolute Gasteiger partial charge is 0.326 e. The van der Waals surface area contributed by atoms with Crippen LogP contribution in [0.3, 0.4) is 0 Å². The van der Waals surface area contributed by atoms with Gasteiger partial charge in [-0.2, -0.15) is 0 Å². The lowest BCUT2D eigenvalue weighted by Gasteiger charge is -2.23. The van der Waals surface area contributed by atoms with Gasteiger partial charge in [0.1, 0.15) is 17.4 Å². The molecule has 2 heterocycles. The van der Waals surface area contributed by atoms with Gasteiger partial charge in [-0.3, -0.25) is 4.57 Å². The van der Waals surface area contributed by atoms with Crippen molar-refractivity contribution in [2.24, 2.45) is 0 Å². The van der Waals surface area contributed by atoms with Crippen molar-refractivity contribution in [1.82, 2.24) is 14.5 Å². The summed E-state index contributed by atoms with van der Waals surface area (Å²) in [6.45, 7) is 3.68. The molecule has 1 N–H and O–H groups in total. The molecular formula is C16H21N3O2. The fraction of sp³-hybridized carbons (Fsp3) is 0.562. The Kier molecular flexibility index (Phi) is 3.66. The van der Waals surface area contributed by atoms with Gasteiger partial charge in [0.15, 0.2) is 5.65 Å². The highest BCUT2D eigenvalue weighted by Gasteiger charge is 2.27. The van der Waals surface area contributed by atoms with Crippen molar-refractivity contribution in [3.05, 3.63) is 23.7 Å². The maximum absolute atomic E-state index is 11.5. The van der Waals surface area contributed by atoms with Gasteiger partial charge in [0.05, 0.1) is 0 Å². The first kappa shape index (κ1) is 14.0. The molecule has 0 aliphatic heterocycles.